The number of nitrogens with zero attached hydrogens (tertiary/aromatic N) is 2. The SMILES string of the molecule is C=C(/C=C(CC)\C(F)=C/C)c1n[nH]c2ncc(F)cc12. The predicted octanol–water partition coefficient (Wildman–Crippen LogP) is 4.32. The van der Waals surface area contributed by atoms with Crippen LogP contribution in [0.1, 0.15) is 26.0 Å². The molecule has 2 aromatic rings. The number of pyridine rings is 1. The van der Waals surface area contributed by atoms with E-state index in [0.29, 0.717) is 34.3 Å². The van der Waals surface area contributed by atoms with Crippen LogP contribution in [0.5, 0.6) is 0 Å². The molecule has 104 valence electrons. The van der Waals surface area contributed by atoms with E-state index >= 15 is 0 Å². The highest BCUT2D eigenvalue weighted by Gasteiger charge is 2.11. The van der Waals surface area contributed by atoms with E-state index < -0.39 is 5.82 Å². The van der Waals surface area contributed by atoms with E-state index in [-0.39, 0.29) is 5.83 Å². The van der Waals surface area contributed by atoms with Crippen molar-refractivity contribution in [2.75, 3.05) is 0 Å². The Morgan fingerprint density at radius 1 is 1.50 bits per heavy atom. The number of aromatic amines is 1. The van der Waals surface area contributed by atoms with Crippen LogP contribution in [0.4, 0.5) is 8.78 Å². The molecule has 0 fully saturated rings. The smallest absolute Gasteiger partial charge is 0.155 e. The molecular weight excluding hydrogens is 260 g/mol. The molecule has 0 saturated carbocycles. The first-order valence-electron chi connectivity index (χ1n) is 6.28. The predicted molar refractivity (Wildman–Crippen MR) is 76.1 cm³/mol. The largest absolute Gasteiger partial charge is 0.260 e. The molecule has 0 aliphatic rings. The van der Waals surface area contributed by atoms with Gasteiger partial charge in [-0.15, -0.1) is 0 Å². The van der Waals surface area contributed by atoms with Gasteiger partial charge < -0.3 is 0 Å². The van der Waals surface area contributed by atoms with Crippen molar-refractivity contribution in [2.45, 2.75) is 20.3 Å². The first-order valence-corrected chi connectivity index (χ1v) is 6.28. The fourth-order valence-corrected chi connectivity index (χ4v) is 1.93. The number of aromatic nitrogens is 3. The molecule has 20 heavy (non-hydrogen) atoms. The van der Waals surface area contributed by atoms with Crippen molar-refractivity contribution in [3.8, 4) is 0 Å². The summed E-state index contributed by atoms with van der Waals surface area (Å²) in [5.74, 6) is -0.745. The number of allylic oxidation sites excluding steroid dienone is 5. The second-order valence-electron chi connectivity index (χ2n) is 4.31. The quantitative estimate of drug-likeness (QED) is 0.844. The first kappa shape index (κ1) is 14.1. The molecule has 1 N–H and O–H groups in total. The fraction of sp³-hybridized carbons (Fsp3) is 0.200. The minimum atomic E-state index is -0.452. The van der Waals surface area contributed by atoms with Gasteiger partial charge in [-0.1, -0.05) is 19.6 Å². The molecule has 0 atom stereocenters. The molecule has 0 bridgehead atoms. The molecule has 0 radical (unpaired) electrons. The summed E-state index contributed by atoms with van der Waals surface area (Å²) < 4.78 is 26.9. The van der Waals surface area contributed by atoms with Gasteiger partial charge >= 0.3 is 0 Å². The molecule has 0 spiro atoms. The Bertz CT molecular complexity index is 711. The molecule has 0 aromatic carbocycles. The summed E-state index contributed by atoms with van der Waals surface area (Å²) in [7, 11) is 0. The number of H-pyrrole nitrogens is 1. The Morgan fingerprint density at radius 2 is 2.25 bits per heavy atom. The van der Waals surface area contributed by atoms with E-state index in [1.165, 1.54) is 12.1 Å². The number of nitrogens with one attached hydrogen (secondary N) is 1. The van der Waals surface area contributed by atoms with E-state index in [0.717, 1.165) is 6.20 Å². The van der Waals surface area contributed by atoms with Crippen LogP contribution in [0.2, 0.25) is 0 Å². The number of rotatable bonds is 4. The molecule has 2 rings (SSSR count). The van der Waals surface area contributed by atoms with Gasteiger partial charge in [-0.25, -0.2) is 13.8 Å². The van der Waals surface area contributed by atoms with Crippen molar-refractivity contribution in [1.29, 1.82) is 0 Å². The fourth-order valence-electron chi connectivity index (χ4n) is 1.93. The summed E-state index contributed by atoms with van der Waals surface area (Å²) >= 11 is 0. The second kappa shape index (κ2) is 5.77. The van der Waals surface area contributed by atoms with Gasteiger partial charge in [0, 0.05) is 5.39 Å². The van der Waals surface area contributed by atoms with Crippen LogP contribution in [-0.4, -0.2) is 15.2 Å². The van der Waals surface area contributed by atoms with Gasteiger partial charge in [-0.2, -0.15) is 5.10 Å². The van der Waals surface area contributed by atoms with Crippen molar-refractivity contribution in [1.82, 2.24) is 15.2 Å². The molecule has 2 heterocycles. The molecule has 3 nitrogen and oxygen atoms in total. The molecule has 0 saturated heterocycles. The third-order valence-corrected chi connectivity index (χ3v) is 2.98. The second-order valence-corrected chi connectivity index (χ2v) is 4.31. The monoisotopic (exact) mass is 275 g/mol. The number of fused-ring (bicyclic) bond motifs is 1. The van der Waals surface area contributed by atoms with Gasteiger partial charge in [0.25, 0.3) is 0 Å². The highest BCUT2D eigenvalue weighted by atomic mass is 19.1. The highest BCUT2D eigenvalue weighted by molar-refractivity contribution is 5.90. The Hall–Kier alpha value is -2.30. The zero-order chi connectivity index (χ0) is 14.7. The van der Waals surface area contributed by atoms with E-state index in [9.17, 15) is 8.78 Å². The van der Waals surface area contributed by atoms with Crippen molar-refractivity contribution in [3.05, 3.63) is 53.9 Å². The van der Waals surface area contributed by atoms with Gasteiger partial charge in [0.2, 0.25) is 0 Å². The normalized spacial score (nSPS) is 13.0. The lowest BCUT2D eigenvalue weighted by Gasteiger charge is -2.03. The number of halogens is 2. The van der Waals surface area contributed by atoms with E-state index in [4.69, 9.17) is 0 Å². The zero-order valence-corrected chi connectivity index (χ0v) is 11.4. The molecule has 0 aliphatic heterocycles. The summed E-state index contributed by atoms with van der Waals surface area (Å²) in [6, 6.07) is 1.33. The Balaban J connectivity index is 2.46. The van der Waals surface area contributed by atoms with Gasteiger partial charge in [-0.05, 0) is 36.6 Å². The third-order valence-electron chi connectivity index (χ3n) is 2.98. The minimum absolute atomic E-state index is 0.294. The summed E-state index contributed by atoms with van der Waals surface area (Å²) in [5.41, 5.74) is 1.98. The van der Waals surface area contributed by atoms with E-state index in [2.05, 4.69) is 21.8 Å². The zero-order valence-electron chi connectivity index (χ0n) is 11.4. The van der Waals surface area contributed by atoms with Crippen LogP contribution in [0.15, 0.2) is 42.4 Å². The van der Waals surface area contributed by atoms with Crippen LogP contribution in [0.3, 0.4) is 0 Å². The highest BCUT2D eigenvalue weighted by Crippen LogP contribution is 2.25. The summed E-state index contributed by atoms with van der Waals surface area (Å²) in [5, 5.41) is 7.30. The number of hydrogen-bond donors (Lipinski definition) is 1. The Morgan fingerprint density at radius 3 is 2.90 bits per heavy atom. The van der Waals surface area contributed by atoms with Crippen molar-refractivity contribution in [3.63, 3.8) is 0 Å². The summed E-state index contributed by atoms with van der Waals surface area (Å²) in [6.45, 7) is 7.36. The number of hydrogen-bond acceptors (Lipinski definition) is 2. The molecule has 2 aromatic heterocycles. The maximum absolute atomic E-state index is 13.6. The van der Waals surface area contributed by atoms with Gasteiger partial charge in [0.1, 0.15) is 17.3 Å². The molecule has 0 unspecified atom stereocenters. The average molecular weight is 275 g/mol. The lowest BCUT2D eigenvalue weighted by Crippen LogP contribution is -1.87. The Labute approximate surface area is 115 Å². The van der Waals surface area contributed by atoms with Crippen LogP contribution >= 0.6 is 0 Å². The summed E-state index contributed by atoms with van der Waals surface area (Å²) in [4.78, 5) is 3.89. The van der Waals surface area contributed by atoms with E-state index in [1.807, 2.05) is 6.92 Å². The van der Waals surface area contributed by atoms with Gasteiger partial charge in [0.15, 0.2) is 5.65 Å². The van der Waals surface area contributed by atoms with Crippen LogP contribution in [0, 0.1) is 5.82 Å². The van der Waals surface area contributed by atoms with E-state index in [1.54, 1.807) is 13.0 Å². The van der Waals surface area contributed by atoms with Crippen molar-refractivity contribution >= 4 is 16.6 Å². The summed E-state index contributed by atoms with van der Waals surface area (Å²) in [6.07, 6.45) is 4.66. The molecule has 5 heteroatoms. The average Bonchev–Trinajstić information content (AvgIpc) is 2.86. The van der Waals surface area contributed by atoms with Crippen LogP contribution < -0.4 is 0 Å². The molecule has 0 amide bonds. The Kier molecular flexibility index (Phi) is 4.08. The van der Waals surface area contributed by atoms with Crippen LogP contribution in [-0.2, 0) is 0 Å². The van der Waals surface area contributed by atoms with Crippen molar-refractivity contribution < 1.29 is 8.78 Å². The van der Waals surface area contributed by atoms with Crippen LogP contribution in [0.25, 0.3) is 16.6 Å². The standard InChI is InChI=1S/C15H15F2N3/c1-4-10(13(17)5-2)6-9(3)14-12-7-11(16)8-18-15(12)20-19-14/h5-8H,3-4H2,1-2H3,(H,18,19,20)/b10-6-,13-5+. The molecule has 0 aliphatic carbocycles. The maximum atomic E-state index is 13.6. The topological polar surface area (TPSA) is 41.6 Å². The maximum Gasteiger partial charge on any atom is 0.155 e. The van der Waals surface area contributed by atoms with Gasteiger partial charge in [0.05, 0.1) is 6.20 Å². The minimum Gasteiger partial charge on any atom is -0.260 e. The van der Waals surface area contributed by atoms with Gasteiger partial charge in [-0.3, -0.25) is 5.10 Å². The van der Waals surface area contributed by atoms with Crippen molar-refractivity contribution in [2.24, 2.45) is 0 Å². The lowest BCUT2D eigenvalue weighted by atomic mass is 10.0. The first-order chi connectivity index (χ1) is 9.56. The molecular formula is C15H15F2N3. The lowest BCUT2D eigenvalue weighted by molar-refractivity contribution is 0.624. The third kappa shape index (κ3) is 2.66.